The Hall–Kier alpha value is -2.94. The van der Waals surface area contributed by atoms with Gasteiger partial charge in [0.2, 0.25) is 0 Å². The molecule has 0 spiro atoms. The van der Waals surface area contributed by atoms with Crippen LogP contribution in [0.1, 0.15) is 41.8 Å². The van der Waals surface area contributed by atoms with E-state index in [0.29, 0.717) is 35.6 Å². The Kier molecular flexibility index (Phi) is 5.47. The molecular weight excluding hydrogens is 407 g/mol. The van der Waals surface area contributed by atoms with Gasteiger partial charge in [0.25, 0.3) is 0 Å². The van der Waals surface area contributed by atoms with Gasteiger partial charge in [-0.05, 0) is 50.5 Å². The van der Waals surface area contributed by atoms with Crippen LogP contribution >= 0.6 is 0 Å². The number of anilines is 2. The van der Waals surface area contributed by atoms with E-state index in [0.717, 1.165) is 23.7 Å². The predicted octanol–water partition coefficient (Wildman–Crippen LogP) is 4.40. The van der Waals surface area contributed by atoms with Crippen LogP contribution in [0.3, 0.4) is 0 Å². The lowest BCUT2D eigenvalue weighted by Crippen LogP contribution is -2.21. The third kappa shape index (κ3) is 4.14. The Balaban J connectivity index is 1.71. The van der Waals surface area contributed by atoms with Gasteiger partial charge in [0, 0.05) is 18.5 Å². The van der Waals surface area contributed by atoms with Crippen molar-refractivity contribution in [1.82, 2.24) is 15.2 Å². The van der Waals surface area contributed by atoms with Crippen molar-refractivity contribution in [1.29, 1.82) is 0 Å². The summed E-state index contributed by atoms with van der Waals surface area (Å²) in [6.45, 7) is 6.35. The lowest BCUT2D eigenvalue weighted by Gasteiger charge is -2.22. The number of hydrogen-bond donors (Lipinski definition) is 2. The van der Waals surface area contributed by atoms with E-state index < -0.39 is 17.8 Å². The Morgan fingerprint density at radius 2 is 2.00 bits per heavy atom. The van der Waals surface area contributed by atoms with E-state index >= 15 is 0 Å². The fraction of sp³-hybridized carbons (Fsp3) is 0.409. The molecule has 0 saturated carbocycles. The number of halogens is 3. The molecule has 1 saturated heterocycles. The van der Waals surface area contributed by atoms with Gasteiger partial charge in [0.15, 0.2) is 5.82 Å². The molecular formula is C22H24F3N5O. The van der Waals surface area contributed by atoms with Crippen molar-refractivity contribution in [3.05, 3.63) is 52.8 Å². The van der Waals surface area contributed by atoms with Crippen LogP contribution in [0.4, 0.5) is 24.7 Å². The van der Waals surface area contributed by atoms with Crippen molar-refractivity contribution in [3.63, 3.8) is 0 Å². The number of aliphatic hydroxyl groups excluding tert-OH is 1. The highest BCUT2D eigenvalue weighted by Crippen LogP contribution is 2.36. The second-order valence-corrected chi connectivity index (χ2v) is 8.00. The zero-order chi connectivity index (χ0) is 22.3. The van der Waals surface area contributed by atoms with Crippen LogP contribution in [0.5, 0.6) is 0 Å². The van der Waals surface area contributed by atoms with E-state index in [1.807, 2.05) is 13.0 Å². The number of nitrogens with zero attached hydrogens (tertiary/aromatic N) is 4. The minimum absolute atomic E-state index is 0.184. The number of hydrogen-bond acceptors (Lipinski definition) is 6. The van der Waals surface area contributed by atoms with Crippen LogP contribution in [-0.4, -0.2) is 39.5 Å². The highest BCUT2D eigenvalue weighted by atomic mass is 19.4. The molecule has 2 atom stereocenters. The van der Waals surface area contributed by atoms with Crippen molar-refractivity contribution in [2.45, 2.75) is 45.5 Å². The van der Waals surface area contributed by atoms with Gasteiger partial charge in [-0.2, -0.15) is 18.3 Å². The molecule has 0 amide bonds. The molecule has 0 aliphatic carbocycles. The minimum Gasteiger partial charge on any atom is -0.391 e. The molecule has 6 nitrogen and oxygen atoms in total. The highest BCUT2D eigenvalue weighted by molar-refractivity contribution is 5.92. The molecule has 164 valence electrons. The van der Waals surface area contributed by atoms with Crippen LogP contribution in [0.25, 0.3) is 10.9 Å². The number of pyridine rings is 1. The summed E-state index contributed by atoms with van der Waals surface area (Å²) in [5.41, 5.74) is 2.28. The fourth-order valence-corrected chi connectivity index (χ4v) is 4.12. The third-order valence-electron chi connectivity index (χ3n) is 5.80. The molecule has 2 N–H and O–H groups in total. The first kappa shape index (κ1) is 21.3. The van der Waals surface area contributed by atoms with Gasteiger partial charge in [-0.25, -0.2) is 0 Å². The average molecular weight is 431 g/mol. The molecule has 3 heterocycles. The smallest absolute Gasteiger partial charge is 0.391 e. The molecule has 0 radical (unpaired) electrons. The van der Waals surface area contributed by atoms with Crippen molar-refractivity contribution in [3.8, 4) is 0 Å². The van der Waals surface area contributed by atoms with E-state index in [2.05, 4.69) is 25.4 Å². The maximum absolute atomic E-state index is 13.3. The van der Waals surface area contributed by atoms with Crippen molar-refractivity contribution >= 4 is 22.4 Å². The molecule has 0 bridgehead atoms. The summed E-state index contributed by atoms with van der Waals surface area (Å²) < 4.78 is 40.0. The van der Waals surface area contributed by atoms with Crippen LogP contribution in [0.2, 0.25) is 0 Å². The van der Waals surface area contributed by atoms with Gasteiger partial charge < -0.3 is 15.3 Å². The molecule has 4 rings (SSSR count). The molecule has 2 aromatic heterocycles. The monoisotopic (exact) mass is 431 g/mol. The molecule has 9 heteroatoms. The summed E-state index contributed by atoms with van der Waals surface area (Å²) in [6, 6.07) is 5.70. The SMILES string of the molecule is Cc1c([C@@H](C)Nc2nnc(C)c3ncc(N4CC[C@@H](O)C4)cc23)cccc1C(F)(F)F. The number of β-amino-alcohol motifs (C(OH)–C–C–N with tert-alkyl or cyclic N) is 1. The number of aromatic nitrogens is 3. The largest absolute Gasteiger partial charge is 0.416 e. The van der Waals surface area contributed by atoms with E-state index in [1.165, 1.54) is 13.0 Å². The van der Waals surface area contributed by atoms with Crippen LogP contribution < -0.4 is 10.2 Å². The number of fused-ring (bicyclic) bond motifs is 1. The first-order valence-corrected chi connectivity index (χ1v) is 10.1. The fourth-order valence-electron chi connectivity index (χ4n) is 4.12. The second-order valence-electron chi connectivity index (χ2n) is 8.00. The molecule has 3 aromatic rings. The molecule has 1 aromatic carbocycles. The first-order chi connectivity index (χ1) is 14.6. The quantitative estimate of drug-likeness (QED) is 0.638. The van der Waals surface area contributed by atoms with Crippen molar-refractivity contribution in [2.24, 2.45) is 0 Å². The average Bonchev–Trinajstić information content (AvgIpc) is 3.15. The third-order valence-corrected chi connectivity index (χ3v) is 5.80. The number of aryl methyl sites for hydroxylation is 1. The topological polar surface area (TPSA) is 74.2 Å². The minimum atomic E-state index is -4.41. The number of rotatable bonds is 4. The van der Waals surface area contributed by atoms with Crippen LogP contribution in [-0.2, 0) is 6.18 Å². The summed E-state index contributed by atoms with van der Waals surface area (Å²) in [5.74, 6) is 0.457. The van der Waals surface area contributed by atoms with Gasteiger partial charge >= 0.3 is 6.18 Å². The Morgan fingerprint density at radius 3 is 2.68 bits per heavy atom. The summed E-state index contributed by atoms with van der Waals surface area (Å²) in [6.07, 6.45) is -2.33. The molecule has 0 unspecified atom stereocenters. The van der Waals surface area contributed by atoms with Gasteiger partial charge in [-0.15, -0.1) is 5.10 Å². The lowest BCUT2D eigenvalue weighted by molar-refractivity contribution is -0.138. The summed E-state index contributed by atoms with van der Waals surface area (Å²) in [5, 5.41) is 22.2. The predicted molar refractivity (Wildman–Crippen MR) is 113 cm³/mol. The summed E-state index contributed by atoms with van der Waals surface area (Å²) >= 11 is 0. The normalized spacial score (nSPS) is 17.9. The number of alkyl halides is 3. The molecule has 1 fully saturated rings. The molecule has 31 heavy (non-hydrogen) atoms. The summed E-state index contributed by atoms with van der Waals surface area (Å²) in [4.78, 5) is 6.59. The Morgan fingerprint density at radius 1 is 1.23 bits per heavy atom. The maximum Gasteiger partial charge on any atom is 0.416 e. The first-order valence-electron chi connectivity index (χ1n) is 10.1. The summed E-state index contributed by atoms with van der Waals surface area (Å²) in [7, 11) is 0. The zero-order valence-corrected chi connectivity index (χ0v) is 17.5. The van der Waals surface area contributed by atoms with E-state index in [1.54, 1.807) is 19.2 Å². The van der Waals surface area contributed by atoms with Gasteiger partial charge in [-0.1, -0.05) is 12.1 Å². The van der Waals surface area contributed by atoms with Gasteiger partial charge in [0.1, 0.15) is 0 Å². The van der Waals surface area contributed by atoms with E-state index in [9.17, 15) is 18.3 Å². The maximum atomic E-state index is 13.3. The Bertz CT molecular complexity index is 1120. The molecule has 1 aliphatic heterocycles. The zero-order valence-electron chi connectivity index (χ0n) is 17.5. The highest BCUT2D eigenvalue weighted by Gasteiger charge is 2.33. The number of nitrogens with one attached hydrogen (secondary N) is 1. The number of aliphatic hydroxyl groups is 1. The van der Waals surface area contributed by atoms with Crippen molar-refractivity contribution in [2.75, 3.05) is 23.3 Å². The molecule has 1 aliphatic rings. The van der Waals surface area contributed by atoms with E-state index in [4.69, 9.17) is 0 Å². The standard InChI is InChI=1S/C22H24F3N5O/c1-12-17(5-4-6-19(12)22(23,24)25)13(2)27-21-18-9-15(30-8-7-16(31)11-30)10-26-20(18)14(3)28-29-21/h4-6,9-10,13,16,31H,7-8,11H2,1-3H3,(H,27,29)/t13-,16-/m1/s1. The van der Waals surface area contributed by atoms with E-state index in [-0.39, 0.29) is 11.7 Å². The number of benzene rings is 1. The second kappa shape index (κ2) is 7.96. The Labute approximate surface area is 178 Å². The van der Waals surface area contributed by atoms with Gasteiger partial charge in [-0.3, -0.25) is 4.98 Å². The lowest BCUT2D eigenvalue weighted by atomic mass is 9.97. The van der Waals surface area contributed by atoms with Crippen LogP contribution in [0.15, 0.2) is 30.5 Å². The van der Waals surface area contributed by atoms with Crippen LogP contribution in [0, 0.1) is 13.8 Å². The van der Waals surface area contributed by atoms with Gasteiger partial charge in [0.05, 0.1) is 40.8 Å². The van der Waals surface area contributed by atoms with Crippen molar-refractivity contribution < 1.29 is 18.3 Å².